The number of ether oxygens (including phenoxy) is 1. The molecule has 2 aromatic carbocycles. The minimum atomic E-state index is -0.593. The average molecular weight is 391 g/mol. The molecule has 2 amide bonds. The van der Waals surface area contributed by atoms with Gasteiger partial charge in [0.05, 0.1) is 0 Å². The molecule has 5 nitrogen and oxygen atoms in total. The monoisotopic (exact) mass is 390 g/mol. The minimum absolute atomic E-state index is 0.116. The molecule has 126 valence electrons. The summed E-state index contributed by atoms with van der Waals surface area (Å²) >= 11 is 3.35. The highest BCUT2D eigenvalue weighted by atomic mass is 79.9. The zero-order valence-corrected chi connectivity index (χ0v) is 15.1. The van der Waals surface area contributed by atoms with Crippen LogP contribution in [-0.2, 0) is 16.1 Å². The molecule has 2 N–H and O–H groups in total. The Labute approximate surface area is 149 Å². The van der Waals surface area contributed by atoms with Gasteiger partial charge in [-0.05, 0) is 48.9 Å². The molecule has 2 aromatic rings. The van der Waals surface area contributed by atoms with E-state index < -0.39 is 6.10 Å². The minimum Gasteiger partial charge on any atom is -0.481 e. The van der Waals surface area contributed by atoms with Crippen LogP contribution < -0.4 is 15.4 Å². The lowest BCUT2D eigenvalue weighted by Gasteiger charge is -2.15. The zero-order chi connectivity index (χ0) is 17.5. The van der Waals surface area contributed by atoms with Gasteiger partial charge in [-0.1, -0.05) is 28.1 Å². The summed E-state index contributed by atoms with van der Waals surface area (Å²) in [7, 11) is 0. The smallest absolute Gasteiger partial charge is 0.261 e. The molecule has 0 saturated heterocycles. The fourth-order valence-corrected chi connectivity index (χ4v) is 2.28. The van der Waals surface area contributed by atoms with Gasteiger partial charge in [0.15, 0.2) is 6.10 Å². The summed E-state index contributed by atoms with van der Waals surface area (Å²) in [5.41, 5.74) is 1.66. The molecule has 6 heteroatoms. The van der Waals surface area contributed by atoms with E-state index in [0.29, 0.717) is 12.3 Å². The van der Waals surface area contributed by atoms with Crippen LogP contribution in [0.4, 0.5) is 5.69 Å². The first kappa shape index (κ1) is 18.0. The van der Waals surface area contributed by atoms with Gasteiger partial charge >= 0.3 is 0 Å². The Hall–Kier alpha value is -2.34. The molecule has 0 aliphatic heterocycles. The van der Waals surface area contributed by atoms with Gasteiger partial charge in [-0.25, -0.2) is 0 Å². The maximum atomic E-state index is 12.1. The number of carbonyl (C=O) groups excluding carboxylic acids is 2. The van der Waals surface area contributed by atoms with E-state index in [9.17, 15) is 9.59 Å². The number of anilines is 1. The Morgan fingerprint density at radius 1 is 1.08 bits per heavy atom. The van der Waals surface area contributed by atoms with Crippen molar-refractivity contribution in [3.8, 4) is 5.75 Å². The van der Waals surface area contributed by atoms with Crippen molar-refractivity contribution in [2.24, 2.45) is 0 Å². The van der Waals surface area contributed by atoms with E-state index in [1.54, 1.807) is 31.2 Å². The van der Waals surface area contributed by atoms with Crippen molar-refractivity contribution in [1.82, 2.24) is 5.32 Å². The summed E-state index contributed by atoms with van der Waals surface area (Å²) in [4.78, 5) is 23.1. The molecule has 0 aliphatic carbocycles. The molecule has 0 spiro atoms. The van der Waals surface area contributed by atoms with Gasteiger partial charge < -0.3 is 15.4 Å². The van der Waals surface area contributed by atoms with Crippen LogP contribution in [0.15, 0.2) is 53.0 Å². The first-order valence-corrected chi connectivity index (χ1v) is 8.30. The molecule has 1 atom stereocenters. The van der Waals surface area contributed by atoms with E-state index in [1.165, 1.54) is 6.92 Å². The second-order valence-electron chi connectivity index (χ2n) is 5.31. The van der Waals surface area contributed by atoms with E-state index in [1.807, 2.05) is 24.3 Å². The summed E-state index contributed by atoms with van der Waals surface area (Å²) in [6.07, 6.45) is -0.593. The molecule has 0 radical (unpaired) electrons. The molecular weight excluding hydrogens is 372 g/mol. The van der Waals surface area contributed by atoms with Gasteiger partial charge in [0, 0.05) is 23.6 Å². The number of amides is 2. The lowest BCUT2D eigenvalue weighted by atomic mass is 10.2. The summed E-state index contributed by atoms with van der Waals surface area (Å²) in [6.45, 7) is 3.56. The van der Waals surface area contributed by atoms with Crippen LogP contribution in [0.5, 0.6) is 5.75 Å². The van der Waals surface area contributed by atoms with E-state index in [2.05, 4.69) is 26.6 Å². The van der Waals surface area contributed by atoms with Gasteiger partial charge in [0.2, 0.25) is 5.91 Å². The molecule has 0 fully saturated rings. The number of rotatable bonds is 6. The molecule has 0 heterocycles. The number of benzene rings is 2. The predicted octanol–water partition coefficient (Wildman–Crippen LogP) is 3.49. The van der Waals surface area contributed by atoms with Gasteiger partial charge in [-0.2, -0.15) is 0 Å². The molecule has 0 aliphatic rings. The maximum Gasteiger partial charge on any atom is 0.261 e. The quantitative estimate of drug-likeness (QED) is 0.792. The number of carbonyl (C=O) groups is 2. The second-order valence-corrected chi connectivity index (χ2v) is 6.23. The van der Waals surface area contributed by atoms with Crippen LogP contribution in [-0.4, -0.2) is 17.9 Å². The van der Waals surface area contributed by atoms with Crippen molar-refractivity contribution in [2.45, 2.75) is 26.5 Å². The fourth-order valence-electron chi connectivity index (χ4n) is 2.01. The topological polar surface area (TPSA) is 67.4 Å². The number of hydrogen-bond acceptors (Lipinski definition) is 3. The van der Waals surface area contributed by atoms with E-state index in [-0.39, 0.29) is 11.8 Å². The largest absolute Gasteiger partial charge is 0.481 e. The third kappa shape index (κ3) is 5.70. The van der Waals surface area contributed by atoms with Gasteiger partial charge in [0.25, 0.3) is 5.91 Å². The lowest BCUT2D eigenvalue weighted by Crippen LogP contribution is -2.35. The first-order valence-electron chi connectivity index (χ1n) is 7.50. The average Bonchev–Trinajstić information content (AvgIpc) is 2.55. The molecule has 24 heavy (non-hydrogen) atoms. The normalized spacial score (nSPS) is 11.5. The Morgan fingerprint density at radius 3 is 2.29 bits per heavy atom. The SMILES string of the molecule is CC(=O)Nc1ccc(CNC(=O)C(C)Oc2ccc(Br)cc2)cc1. The molecule has 2 rings (SSSR count). The summed E-state index contributed by atoms with van der Waals surface area (Å²) in [5.74, 6) is 0.333. The molecule has 1 unspecified atom stereocenters. The van der Waals surface area contributed by atoms with Crippen LogP contribution in [0.1, 0.15) is 19.4 Å². The summed E-state index contributed by atoms with van der Waals surface area (Å²) in [5, 5.41) is 5.53. The Balaban J connectivity index is 1.83. The van der Waals surface area contributed by atoms with E-state index in [0.717, 1.165) is 15.7 Å². The van der Waals surface area contributed by atoms with Crippen molar-refractivity contribution >= 4 is 33.4 Å². The maximum absolute atomic E-state index is 12.1. The number of halogens is 1. The Morgan fingerprint density at radius 2 is 1.71 bits per heavy atom. The standard InChI is InChI=1S/C18H19BrN2O3/c1-12(24-17-9-5-15(19)6-10-17)18(23)20-11-14-3-7-16(8-4-14)21-13(2)22/h3-10,12H,11H2,1-2H3,(H,20,23)(H,21,22). The summed E-state index contributed by atoms with van der Waals surface area (Å²) in [6, 6.07) is 14.6. The Bertz CT molecular complexity index is 699. The van der Waals surface area contributed by atoms with Crippen molar-refractivity contribution < 1.29 is 14.3 Å². The van der Waals surface area contributed by atoms with Crippen molar-refractivity contribution in [3.05, 3.63) is 58.6 Å². The molecular formula is C18H19BrN2O3. The van der Waals surface area contributed by atoms with E-state index in [4.69, 9.17) is 4.74 Å². The number of nitrogens with one attached hydrogen (secondary N) is 2. The highest BCUT2D eigenvalue weighted by Crippen LogP contribution is 2.17. The van der Waals surface area contributed by atoms with Gasteiger partial charge in [-0.15, -0.1) is 0 Å². The van der Waals surface area contributed by atoms with Crippen LogP contribution in [0.3, 0.4) is 0 Å². The van der Waals surface area contributed by atoms with Gasteiger partial charge in [0.1, 0.15) is 5.75 Å². The molecule has 0 saturated carbocycles. The zero-order valence-electron chi connectivity index (χ0n) is 13.5. The summed E-state index contributed by atoms with van der Waals surface area (Å²) < 4.78 is 6.56. The van der Waals surface area contributed by atoms with Crippen LogP contribution in [0, 0.1) is 0 Å². The van der Waals surface area contributed by atoms with Crippen LogP contribution >= 0.6 is 15.9 Å². The predicted molar refractivity (Wildman–Crippen MR) is 96.8 cm³/mol. The molecule has 0 bridgehead atoms. The second kappa shape index (κ2) is 8.49. The Kier molecular flexibility index (Phi) is 6.37. The molecule has 0 aromatic heterocycles. The third-order valence-electron chi connectivity index (χ3n) is 3.24. The van der Waals surface area contributed by atoms with Crippen molar-refractivity contribution in [3.63, 3.8) is 0 Å². The van der Waals surface area contributed by atoms with E-state index >= 15 is 0 Å². The first-order chi connectivity index (χ1) is 11.4. The van der Waals surface area contributed by atoms with Crippen LogP contribution in [0.25, 0.3) is 0 Å². The number of hydrogen-bond donors (Lipinski definition) is 2. The highest BCUT2D eigenvalue weighted by molar-refractivity contribution is 9.10. The lowest BCUT2D eigenvalue weighted by molar-refractivity contribution is -0.127. The highest BCUT2D eigenvalue weighted by Gasteiger charge is 2.14. The third-order valence-corrected chi connectivity index (χ3v) is 3.77. The van der Waals surface area contributed by atoms with Crippen molar-refractivity contribution in [1.29, 1.82) is 0 Å². The van der Waals surface area contributed by atoms with Crippen LogP contribution in [0.2, 0.25) is 0 Å². The fraction of sp³-hybridized carbons (Fsp3) is 0.222. The van der Waals surface area contributed by atoms with Crippen molar-refractivity contribution in [2.75, 3.05) is 5.32 Å². The van der Waals surface area contributed by atoms with Gasteiger partial charge in [-0.3, -0.25) is 9.59 Å².